The van der Waals surface area contributed by atoms with Gasteiger partial charge in [-0.3, -0.25) is 4.79 Å². The van der Waals surface area contributed by atoms with Gasteiger partial charge in [-0.2, -0.15) is 0 Å². The van der Waals surface area contributed by atoms with E-state index in [2.05, 4.69) is 5.32 Å². The first-order chi connectivity index (χ1) is 13.6. The van der Waals surface area contributed by atoms with Gasteiger partial charge in [0, 0.05) is 5.56 Å². The molecule has 0 spiro atoms. The van der Waals surface area contributed by atoms with E-state index in [0.29, 0.717) is 28.2 Å². The lowest BCUT2D eigenvalue weighted by molar-refractivity contribution is -0.112. The van der Waals surface area contributed by atoms with Crippen molar-refractivity contribution in [2.24, 2.45) is 4.99 Å². The second kappa shape index (κ2) is 7.32. The van der Waals surface area contributed by atoms with Crippen LogP contribution in [-0.4, -0.2) is 22.7 Å². The van der Waals surface area contributed by atoms with Crippen molar-refractivity contribution in [1.29, 1.82) is 0 Å². The number of nitrogens with one attached hydrogen (secondary N) is 1. The molecule has 0 aliphatic carbocycles. The van der Waals surface area contributed by atoms with E-state index in [4.69, 9.17) is 10.1 Å². The van der Waals surface area contributed by atoms with Gasteiger partial charge in [0.2, 0.25) is 0 Å². The molecule has 0 radical (unpaired) electrons. The molecule has 3 aromatic carbocycles. The first-order valence-electron chi connectivity index (χ1n) is 8.72. The van der Waals surface area contributed by atoms with E-state index in [-0.39, 0.29) is 11.5 Å². The molecule has 5 nitrogen and oxygen atoms in total. The summed E-state index contributed by atoms with van der Waals surface area (Å²) < 4.78 is 0. The third kappa shape index (κ3) is 3.46. The van der Waals surface area contributed by atoms with Crippen LogP contribution in [0.15, 0.2) is 89.4 Å². The van der Waals surface area contributed by atoms with Gasteiger partial charge in [-0.15, -0.1) is 0 Å². The summed E-state index contributed by atoms with van der Waals surface area (Å²) in [4.78, 5) is 28.8. The summed E-state index contributed by atoms with van der Waals surface area (Å²) in [5, 5.41) is 12.0. The Hall–Kier alpha value is -3.99. The van der Waals surface area contributed by atoms with Crippen LogP contribution >= 0.6 is 0 Å². The normalized spacial score (nSPS) is 14.6. The first-order valence-corrected chi connectivity index (χ1v) is 8.72. The van der Waals surface area contributed by atoms with E-state index >= 15 is 0 Å². The van der Waals surface area contributed by atoms with Gasteiger partial charge in [-0.05, 0) is 35.9 Å². The Kier molecular flexibility index (Phi) is 4.56. The topological polar surface area (TPSA) is 78.8 Å². The van der Waals surface area contributed by atoms with Crippen molar-refractivity contribution in [3.8, 4) is 0 Å². The number of rotatable bonds is 3. The van der Waals surface area contributed by atoms with Gasteiger partial charge in [0.15, 0.2) is 0 Å². The van der Waals surface area contributed by atoms with Crippen LogP contribution < -0.4 is 5.32 Å². The molecule has 28 heavy (non-hydrogen) atoms. The lowest BCUT2D eigenvalue weighted by Crippen LogP contribution is -2.19. The van der Waals surface area contributed by atoms with E-state index in [1.807, 2.05) is 54.6 Å². The van der Waals surface area contributed by atoms with Crippen LogP contribution in [0.1, 0.15) is 21.5 Å². The zero-order valence-corrected chi connectivity index (χ0v) is 14.8. The minimum absolute atomic E-state index is 0.192. The molecule has 0 fully saturated rings. The minimum atomic E-state index is -0.992. The molecule has 0 saturated heterocycles. The van der Waals surface area contributed by atoms with Gasteiger partial charge in [0.25, 0.3) is 5.91 Å². The second-order valence-corrected chi connectivity index (χ2v) is 6.28. The fourth-order valence-corrected chi connectivity index (χ4v) is 2.99. The van der Waals surface area contributed by atoms with Crippen LogP contribution in [0.4, 0.5) is 11.4 Å². The maximum Gasteiger partial charge on any atom is 0.335 e. The molecule has 0 atom stereocenters. The third-order valence-electron chi connectivity index (χ3n) is 4.40. The van der Waals surface area contributed by atoms with E-state index < -0.39 is 5.97 Å². The van der Waals surface area contributed by atoms with Crippen molar-refractivity contribution in [2.45, 2.75) is 0 Å². The van der Waals surface area contributed by atoms with Crippen molar-refractivity contribution >= 4 is 35.0 Å². The molecule has 0 saturated carbocycles. The zero-order chi connectivity index (χ0) is 19.5. The Balaban J connectivity index is 1.86. The molecular weight excluding hydrogens is 352 g/mol. The number of amides is 1. The maximum absolute atomic E-state index is 13.0. The number of aliphatic imine (C=N–C) groups is 1. The van der Waals surface area contributed by atoms with Crippen LogP contribution in [0.25, 0.3) is 6.08 Å². The van der Waals surface area contributed by atoms with Crippen LogP contribution in [0, 0.1) is 0 Å². The van der Waals surface area contributed by atoms with Crippen molar-refractivity contribution in [1.82, 2.24) is 0 Å². The molecule has 1 aliphatic heterocycles. The molecule has 5 heteroatoms. The number of carboxylic acid groups (broad SMARTS) is 1. The molecule has 0 bridgehead atoms. The number of fused-ring (bicyclic) bond motifs is 1. The van der Waals surface area contributed by atoms with Gasteiger partial charge < -0.3 is 10.4 Å². The summed E-state index contributed by atoms with van der Waals surface area (Å²) in [6, 6.07) is 23.2. The van der Waals surface area contributed by atoms with Gasteiger partial charge in [0.05, 0.1) is 28.2 Å². The van der Waals surface area contributed by atoms with Crippen LogP contribution in [0.5, 0.6) is 0 Å². The fraction of sp³-hybridized carbons (Fsp3) is 0. The van der Waals surface area contributed by atoms with Crippen molar-refractivity contribution in [3.63, 3.8) is 0 Å². The fourth-order valence-electron chi connectivity index (χ4n) is 2.99. The highest BCUT2D eigenvalue weighted by Crippen LogP contribution is 2.31. The lowest BCUT2D eigenvalue weighted by Gasteiger charge is -2.09. The van der Waals surface area contributed by atoms with Crippen molar-refractivity contribution < 1.29 is 14.7 Å². The number of benzene rings is 3. The molecule has 3 aromatic rings. The lowest BCUT2D eigenvalue weighted by atomic mass is 9.99. The van der Waals surface area contributed by atoms with Gasteiger partial charge >= 0.3 is 5.97 Å². The summed E-state index contributed by atoms with van der Waals surface area (Å²) in [6.07, 6.45) is 1.72. The number of carboxylic acids is 1. The summed E-state index contributed by atoms with van der Waals surface area (Å²) in [7, 11) is 0. The Labute approximate surface area is 161 Å². The van der Waals surface area contributed by atoms with E-state index in [1.54, 1.807) is 18.2 Å². The summed E-state index contributed by atoms with van der Waals surface area (Å²) >= 11 is 0. The highest BCUT2D eigenvalue weighted by atomic mass is 16.4. The number of aromatic carboxylic acids is 1. The summed E-state index contributed by atoms with van der Waals surface area (Å²) in [5.41, 5.74) is 4.02. The molecule has 0 unspecified atom stereocenters. The van der Waals surface area contributed by atoms with E-state index in [1.165, 1.54) is 12.1 Å². The number of carbonyl (C=O) groups excluding carboxylic acids is 1. The largest absolute Gasteiger partial charge is 0.478 e. The van der Waals surface area contributed by atoms with Gasteiger partial charge in [0.1, 0.15) is 0 Å². The molecule has 1 heterocycles. The minimum Gasteiger partial charge on any atom is -0.478 e. The third-order valence-corrected chi connectivity index (χ3v) is 4.40. The molecule has 2 N–H and O–H groups in total. The molecule has 136 valence electrons. The van der Waals surface area contributed by atoms with Crippen molar-refractivity contribution in [3.05, 3.63) is 101 Å². The Bertz CT molecular complexity index is 1110. The summed E-state index contributed by atoms with van der Waals surface area (Å²) in [5.74, 6) is -1.26. The average Bonchev–Trinajstić information content (AvgIpc) is 2.85. The number of hydrogen-bond donors (Lipinski definition) is 2. The van der Waals surface area contributed by atoms with Crippen molar-refractivity contribution in [2.75, 3.05) is 5.32 Å². The number of para-hydroxylation sites is 2. The number of hydrogen-bond acceptors (Lipinski definition) is 3. The van der Waals surface area contributed by atoms with Gasteiger partial charge in [-0.1, -0.05) is 54.6 Å². The SMILES string of the molecule is O=C1Nc2ccccc2N=C(c2ccccc2)/C1=C/c1ccc(C(=O)O)cc1. The van der Waals surface area contributed by atoms with E-state index in [0.717, 1.165) is 5.56 Å². The predicted octanol–water partition coefficient (Wildman–Crippen LogP) is 4.54. The highest BCUT2D eigenvalue weighted by Gasteiger charge is 2.23. The molecule has 0 aromatic heterocycles. The summed E-state index contributed by atoms with van der Waals surface area (Å²) in [6.45, 7) is 0. The Morgan fingerprint density at radius 1 is 0.893 bits per heavy atom. The predicted molar refractivity (Wildman–Crippen MR) is 109 cm³/mol. The number of anilines is 1. The monoisotopic (exact) mass is 368 g/mol. The van der Waals surface area contributed by atoms with Gasteiger partial charge in [-0.25, -0.2) is 9.79 Å². The smallest absolute Gasteiger partial charge is 0.335 e. The molecule has 1 amide bonds. The van der Waals surface area contributed by atoms with Crippen LogP contribution in [0.2, 0.25) is 0 Å². The average molecular weight is 368 g/mol. The molecular formula is C23H16N2O3. The van der Waals surface area contributed by atoms with Crippen LogP contribution in [0.3, 0.4) is 0 Å². The van der Waals surface area contributed by atoms with E-state index in [9.17, 15) is 9.59 Å². The first kappa shape index (κ1) is 17.4. The zero-order valence-electron chi connectivity index (χ0n) is 14.8. The maximum atomic E-state index is 13.0. The molecule has 1 aliphatic rings. The molecule has 4 rings (SSSR count). The standard InChI is InChI=1S/C23H16N2O3/c26-22-18(14-15-10-12-17(13-11-15)23(27)28)21(16-6-2-1-3-7-16)24-19-8-4-5-9-20(19)25-22/h1-14H,(H,25,26)(H,27,28)/b18-14-. The number of nitrogens with zero attached hydrogens (tertiary/aromatic N) is 1. The quantitative estimate of drug-likeness (QED) is 0.666. The second-order valence-electron chi connectivity index (χ2n) is 6.28. The Morgan fingerprint density at radius 3 is 2.29 bits per heavy atom. The Morgan fingerprint density at radius 2 is 1.57 bits per heavy atom. The number of carbonyl (C=O) groups is 2. The van der Waals surface area contributed by atoms with Crippen LogP contribution in [-0.2, 0) is 4.79 Å². The highest BCUT2D eigenvalue weighted by molar-refractivity contribution is 6.35.